The van der Waals surface area contributed by atoms with Crippen molar-refractivity contribution in [2.45, 2.75) is 19.6 Å². The van der Waals surface area contributed by atoms with Gasteiger partial charge in [-0.25, -0.2) is 5.43 Å². The largest absolute Gasteiger partial charge is 0.493 e. The summed E-state index contributed by atoms with van der Waals surface area (Å²) in [6.07, 6.45) is 1.37. The topological polar surface area (TPSA) is 89.0 Å². The number of nitrogens with one attached hydrogen (secondary N) is 2. The highest BCUT2D eigenvalue weighted by Gasteiger charge is 2.16. The summed E-state index contributed by atoms with van der Waals surface area (Å²) in [4.78, 5) is 24.3. The van der Waals surface area contributed by atoms with Crippen molar-refractivity contribution in [2.24, 2.45) is 5.10 Å². The van der Waals surface area contributed by atoms with Crippen molar-refractivity contribution in [1.82, 2.24) is 10.7 Å². The van der Waals surface area contributed by atoms with Gasteiger partial charge in [-0.15, -0.1) is 0 Å². The molecule has 1 atom stereocenters. The molecule has 2 amide bonds. The Morgan fingerprint density at radius 3 is 2.47 bits per heavy atom. The van der Waals surface area contributed by atoms with Gasteiger partial charge in [-0.1, -0.05) is 65.7 Å². The first-order valence-electron chi connectivity index (χ1n) is 10.3. The van der Waals surface area contributed by atoms with Crippen LogP contribution in [0, 0.1) is 0 Å². The lowest BCUT2D eigenvalue weighted by atomic mass is 10.1. The number of hydrazone groups is 1. The van der Waals surface area contributed by atoms with Gasteiger partial charge in [-0.3, -0.25) is 9.59 Å². The normalized spacial score (nSPS) is 11.6. The third-order valence-corrected chi connectivity index (χ3v) is 5.56. The van der Waals surface area contributed by atoms with E-state index < -0.39 is 11.8 Å². The van der Waals surface area contributed by atoms with Crippen molar-refractivity contribution in [3.63, 3.8) is 0 Å². The van der Waals surface area contributed by atoms with E-state index in [2.05, 4.69) is 15.8 Å². The van der Waals surface area contributed by atoms with Crippen LogP contribution in [0.1, 0.15) is 29.7 Å². The van der Waals surface area contributed by atoms with Crippen LogP contribution in [0.3, 0.4) is 0 Å². The molecule has 9 heteroatoms. The molecule has 34 heavy (non-hydrogen) atoms. The molecule has 3 aromatic rings. The molecule has 0 bridgehead atoms. The van der Waals surface area contributed by atoms with Gasteiger partial charge < -0.3 is 14.8 Å². The summed E-state index contributed by atoms with van der Waals surface area (Å²) in [6, 6.07) is 19.4. The molecule has 0 aliphatic heterocycles. The van der Waals surface area contributed by atoms with Gasteiger partial charge in [0.05, 0.1) is 29.4 Å². The first kappa shape index (κ1) is 25.1. The minimum Gasteiger partial charge on any atom is -0.493 e. The number of hydrogen-bond acceptors (Lipinski definition) is 5. The van der Waals surface area contributed by atoms with Crippen LogP contribution in [0.2, 0.25) is 10.0 Å². The van der Waals surface area contributed by atoms with Crippen LogP contribution >= 0.6 is 23.2 Å². The number of amides is 2. The molecule has 3 rings (SSSR count). The lowest BCUT2D eigenvalue weighted by molar-refractivity contribution is -0.139. The van der Waals surface area contributed by atoms with Gasteiger partial charge in [-0.05, 0) is 42.3 Å². The molecule has 0 heterocycles. The zero-order chi connectivity index (χ0) is 24.5. The molecule has 2 N–H and O–H groups in total. The van der Waals surface area contributed by atoms with Crippen LogP contribution in [-0.4, -0.2) is 25.1 Å². The highest BCUT2D eigenvalue weighted by Crippen LogP contribution is 2.31. The fourth-order valence-electron chi connectivity index (χ4n) is 3.03. The van der Waals surface area contributed by atoms with E-state index in [0.717, 1.165) is 11.1 Å². The Bertz CT molecular complexity index is 1190. The predicted molar refractivity (Wildman–Crippen MR) is 133 cm³/mol. The van der Waals surface area contributed by atoms with Gasteiger partial charge in [0.15, 0.2) is 11.5 Å². The maximum Gasteiger partial charge on any atom is 0.329 e. The molecular formula is C25H23Cl2N3O4. The van der Waals surface area contributed by atoms with E-state index in [0.29, 0.717) is 27.1 Å². The molecule has 0 aliphatic carbocycles. The molecule has 7 nitrogen and oxygen atoms in total. The summed E-state index contributed by atoms with van der Waals surface area (Å²) < 4.78 is 11.3. The Labute approximate surface area is 207 Å². The van der Waals surface area contributed by atoms with Gasteiger partial charge in [0.25, 0.3) is 0 Å². The smallest absolute Gasteiger partial charge is 0.329 e. The second-order valence-corrected chi connectivity index (χ2v) is 8.04. The van der Waals surface area contributed by atoms with Crippen molar-refractivity contribution in [3.05, 3.63) is 93.5 Å². The van der Waals surface area contributed by atoms with Crippen LogP contribution in [-0.2, 0) is 16.2 Å². The second-order valence-electron chi connectivity index (χ2n) is 7.22. The standard InChI is InChI=1S/C25H23Cl2N3O4/c1-16(18-7-4-3-5-8-18)29-24(31)25(32)30-28-14-19-9-6-10-22(33-2)23(19)34-15-17-11-12-20(26)21(27)13-17/h3-14,16H,15H2,1-2H3,(H,29,31)(H,30,32)/b28-14-/t16-/m0/s1. The van der Waals surface area contributed by atoms with Crippen molar-refractivity contribution < 1.29 is 19.1 Å². The number of carbonyl (C=O) groups is 2. The Morgan fingerprint density at radius 2 is 1.76 bits per heavy atom. The highest BCUT2D eigenvalue weighted by atomic mass is 35.5. The van der Waals surface area contributed by atoms with Gasteiger partial charge in [0.2, 0.25) is 0 Å². The van der Waals surface area contributed by atoms with Crippen LogP contribution in [0.5, 0.6) is 11.5 Å². The van der Waals surface area contributed by atoms with Crippen LogP contribution < -0.4 is 20.2 Å². The number of halogens is 2. The summed E-state index contributed by atoms with van der Waals surface area (Å²) in [7, 11) is 1.52. The van der Waals surface area contributed by atoms with Crippen molar-refractivity contribution in [2.75, 3.05) is 7.11 Å². The summed E-state index contributed by atoms with van der Waals surface area (Å²) in [5, 5.41) is 7.41. The van der Waals surface area contributed by atoms with E-state index in [1.807, 2.05) is 30.3 Å². The monoisotopic (exact) mass is 499 g/mol. The van der Waals surface area contributed by atoms with Crippen molar-refractivity contribution >= 4 is 41.2 Å². The predicted octanol–water partition coefficient (Wildman–Crippen LogP) is 4.91. The summed E-state index contributed by atoms with van der Waals surface area (Å²) in [5.41, 5.74) is 4.46. The fourth-order valence-corrected chi connectivity index (χ4v) is 3.35. The number of benzene rings is 3. The van der Waals surface area contributed by atoms with Gasteiger partial charge in [0, 0.05) is 5.56 Å². The third kappa shape index (κ3) is 6.73. The third-order valence-electron chi connectivity index (χ3n) is 4.82. The summed E-state index contributed by atoms with van der Waals surface area (Å²) in [6.45, 7) is 1.99. The number of ether oxygens (including phenoxy) is 2. The molecule has 176 valence electrons. The number of para-hydroxylation sites is 1. The molecule has 0 aromatic heterocycles. The summed E-state index contributed by atoms with van der Waals surface area (Å²) >= 11 is 12.0. The number of rotatable bonds is 8. The van der Waals surface area contributed by atoms with Gasteiger partial charge >= 0.3 is 11.8 Å². The first-order valence-corrected chi connectivity index (χ1v) is 11.1. The maximum absolute atomic E-state index is 12.2. The van der Waals surface area contributed by atoms with E-state index in [1.165, 1.54) is 13.3 Å². The zero-order valence-electron chi connectivity index (χ0n) is 18.5. The molecule has 0 saturated carbocycles. The number of nitrogens with zero attached hydrogens (tertiary/aromatic N) is 1. The molecule has 0 saturated heterocycles. The lowest BCUT2D eigenvalue weighted by Gasteiger charge is -2.14. The number of methoxy groups -OCH3 is 1. The van der Waals surface area contributed by atoms with E-state index in [1.54, 1.807) is 43.3 Å². The Hall–Kier alpha value is -3.55. The molecule has 0 spiro atoms. The first-order chi connectivity index (χ1) is 16.4. The second kappa shape index (κ2) is 12.1. The number of carbonyl (C=O) groups excluding carboxylic acids is 2. The minimum absolute atomic E-state index is 0.199. The lowest BCUT2D eigenvalue weighted by Crippen LogP contribution is -2.39. The average molecular weight is 500 g/mol. The molecule has 0 radical (unpaired) electrons. The highest BCUT2D eigenvalue weighted by molar-refractivity contribution is 6.42. The zero-order valence-corrected chi connectivity index (χ0v) is 20.1. The summed E-state index contributed by atoms with van der Waals surface area (Å²) in [5.74, 6) is -0.795. The number of hydrogen-bond donors (Lipinski definition) is 2. The Balaban J connectivity index is 1.64. The Kier molecular flexibility index (Phi) is 8.90. The van der Waals surface area contributed by atoms with Crippen molar-refractivity contribution in [3.8, 4) is 11.5 Å². The Morgan fingerprint density at radius 1 is 1.00 bits per heavy atom. The van der Waals surface area contributed by atoms with Crippen LogP contribution in [0.25, 0.3) is 0 Å². The fraction of sp³-hybridized carbons (Fsp3) is 0.160. The van der Waals surface area contributed by atoms with E-state index in [4.69, 9.17) is 32.7 Å². The molecule has 3 aromatic carbocycles. The van der Waals surface area contributed by atoms with E-state index in [-0.39, 0.29) is 12.6 Å². The molecular weight excluding hydrogens is 477 g/mol. The van der Waals surface area contributed by atoms with E-state index >= 15 is 0 Å². The minimum atomic E-state index is -0.889. The quantitative estimate of drug-likeness (QED) is 0.261. The maximum atomic E-state index is 12.2. The van der Waals surface area contributed by atoms with Crippen LogP contribution in [0.15, 0.2) is 71.8 Å². The van der Waals surface area contributed by atoms with Gasteiger partial charge in [-0.2, -0.15) is 5.10 Å². The SMILES string of the molecule is COc1cccc(/C=N\NC(=O)C(=O)N[C@@H](C)c2ccccc2)c1OCc1ccc(Cl)c(Cl)c1. The van der Waals surface area contributed by atoms with E-state index in [9.17, 15) is 9.59 Å². The average Bonchev–Trinajstić information content (AvgIpc) is 2.85. The van der Waals surface area contributed by atoms with Crippen molar-refractivity contribution in [1.29, 1.82) is 0 Å². The molecule has 0 unspecified atom stereocenters. The molecule has 0 fully saturated rings. The molecule has 0 aliphatic rings. The van der Waals surface area contributed by atoms with Crippen LogP contribution in [0.4, 0.5) is 0 Å². The van der Waals surface area contributed by atoms with Gasteiger partial charge in [0.1, 0.15) is 6.61 Å².